The number of halogens is 1. The van der Waals surface area contributed by atoms with Gasteiger partial charge in [0.1, 0.15) is 11.5 Å². The largest absolute Gasteiger partial charge is 0.396 e. The zero-order valence-electron chi connectivity index (χ0n) is 10.3. The molecule has 1 saturated carbocycles. The summed E-state index contributed by atoms with van der Waals surface area (Å²) >= 11 is 0. The van der Waals surface area contributed by atoms with Crippen LogP contribution in [0.3, 0.4) is 0 Å². The lowest BCUT2D eigenvalue weighted by Crippen LogP contribution is -2.16. The zero-order valence-corrected chi connectivity index (χ0v) is 10.3. The zero-order chi connectivity index (χ0) is 13.4. The van der Waals surface area contributed by atoms with Crippen molar-refractivity contribution < 1.29 is 9.18 Å². The van der Waals surface area contributed by atoms with E-state index in [1.807, 2.05) is 16.8 Å². The van der Waals surface area contributed by atoms with Crippen LogP contribution in [0, 0.1) is 5.82 Å². The molecular formula is C14H14FN3O. The molecule has 3 N–H and O–H groups in total. The second-order valence-electron chi connectivity index (χ2n) is 4.72. The normalized spacial score (nSPS) is 14.4. The van der Waals surface area contributed by atoms with Crippen molar-refractivity contribution in [1.82, 2.24) is 4.57 Å². The predicted octanol–water partition coefficient (Wildman–Crippen LogP) is 2.80. The van der Waals surface area contributed by atoms with E-state index in [0.717, 1.165) is 12.8 Å². The maximum Gasteiger partial charge on any atom is 0.272 e. The minimum absolute atomic E-state index is 0.0235. The number of benzene rings is 1. The van der Waals surface area contributed by atoms with Crippen LogP contribution < -0.4 is 11.1 Å². The number of aromatic nitrogens is 1. The van der Waals surface area contributed by atoms with Crippen LogP contribution >= 0.6 is 0 Å². The van der Waals surface area contributed by atoms with Gasteiger partial charge in [-0.1, -0.05) is 0 Å². The Kier molecular flexibility index (Phi) is 2.74. The Balaban J connectivity index is 1.80. The summed E-state index contributed by atoms with van der Waals surface area (Å²) in [6, 6.07) is 8.22. The van der Waals surface area contributed by atoms with Crippen molar-refractivity contribution in [2.24, 2.45) is 0 Å². The Morgan fingerprint density at radius 1 is 1.37 bits per heavy atom. The van der Waals surface area contributed by atoms with E-state index in [2.05, 4.69) is 5.32 Å². The summed E-state index contributed by atoms with van der Waals surface area (Å²) in [5.74, 6) is -0.692. The lowest BCUT2D eigenvalue weighted by atomic mass is 10.2. The second kappa shape index (κ2) is 4.42. The lowest BCUT2D eigenvalue weighted by Gasteiger charge is -2.09. The first-order valence-corrected chi connectivity index (χ1v) is 6.18. The second-order valence-corrected chi connectivity index (χ2v) is 4.72. The van der Waals surface area contributed by atoms with Gasteiger partial charge in [0.25, 0.3) is 5.91 Å². The van der Waals surface area contributed by atoms with Crippen LogP contribution in [-0.4, -0.2) is 10.5 Å². The predicted molar refractivity (Wildman–Crippen MR) is 71.5 cm³/mol. The Hall–Kier alpha value is -2.30. The standard InChI is InChI=1S/C14H14FN3O/c15-11-6-3-9(8-12(11)16)17-14(19)13-2-1-7-18(13)10-4-5-10/h1-3,6-8,10H,4-5,16H2,(H,17,19). The number of nitrogen functional groups attached to an aromatic ring is 1. The summed E-state index contributed by atoms with van der Waals surface area (Å²) in [5.41, 5.74) is 6.60. The van der Waals surface area contributed by atoms with Crippen LogP contribution in [0.5, 0.6) is 0 Å². The van der Waals surface area contributed by atoms with Gasteiger partial charge in [0.2, 0.25) is 0 Å². The molecule has 0 radical (unpaired) electrons. The summed E-state index contributed by atoms with van der Waals surface area (Å²) in [5, 5.41) is 2.73. The molecule has 1 fully saturated rings. The average Bonchev–Trinajstić information content (AvgIpc) is 3.11. The molecule has 1 aliphatic carbocycles. The minimum atomic E-state index is -0.487. The number of nitrogens with two attached hydrogens (primary N) is 1. The molecule has 0 atom stereocenters. The molecule has 0 saturated heterocycles. The Bertz CT molecular complexity index is 631. The van der Waals surface area contributed by atoms with Crippen LogP contribution in [0.2, 0.25) is 0 Å². The molecule has 2 aromatic rings. The quantitative estimate of drug-likeness (QED) is 0.833. The molecular weight excluding hydrogens is 245 g/mol. The van der Waals surface area contributed by atoms with Gasteiger partial charge in [-0.3, -0.25) is 4.79 Å². The number of anilines is 2. The van der Waals surface area contributed by atoms with Gasteiger partial charge in [0.15, 0.2) is 0 Å². The Morgan fingerprint density at radius 2 is 2.16 bits per heavy atom. The lowest BCUT2D eigenvalue weighted by molar-refractivity contribution is 0.101. The monoisotopic (exact) mass is 259 g/mol. The SMILES string of the molecule is Nc1cc(NC(=O)c2cccn2C2CC2)ccc1F. The summed E-state index contributed by atoms with van der Waals surface area (Å²) in [7, 11) is 0. The highest BCUT2D eigenvalue weighted by atomic mass is 19.1. The molecule has 0 spiro atoms. The third-order valence-electron chi connectivity index (χ3n) is 3.21. The topological polar surface area (TPSA) is 60.0 Å². The van der Waals surface area contributed by atoms with E-state index in [4.69, 9.17) is 5.73 Å². The summed E-state index contributed by atoms with van der Waals surface area (Å²) < 4.78 is 15.0. The van der Waals surface area contributed by atoms with Crippen LogP contribution in [0.4, 0.5) is 15.8 Å². The molecule has 4 nitrogen and oxygen atoms in total. The molecule has 0 aliphatic heterocycles. The van der Waals surface area contributed by atoms with E-state index in [9.17, 15) is 9.18 Å². The van der Waals surface area contributed by atoms with Gasteiger partial charge in [0.05, 0.1) is 5.69 Å². The van der Waals surface area contributed by atoms with Crippen LogP contribution in [0.15, 0.2) is 36.5 Å². The number of nitrogens with zero attached hydrogens (tertiary/aromatic N) is 1. The smallest absolute Gasteiger partial charge is 0.272 e. The number of amides is 1. The van der Waals surface area contributed by atoms with Crippen LogP contribution in [0.1, 0.15) is 29.4 Å². The van der Waals surface area contributed by atoms with Crippen molar-refractivity contribution >= 4 is 17.3 Å². The third kappa shape index (κ3) is 2.31. The van der Waals surface area contributed by atoms with Crippen molar-refractivity contribution in [3.8, 4) is 0 Å². The van der Waals surface area contributed by atoms with Crippen molar-refractivity contribution in [1.29, 1.82) is 0 Å². The molecule has 19 heavy (non-hydrogen) atoms. The summed E-state index contributed by atoms with van der Waals surface area (Å²) in [6.45, 7) is 0. The van der Waals surface area contributed by atoms with E-state index in [0.29, 0.717) is 17.4 Å². The highest BCUT2D eigenvalue weighted by molar-refractivity contribution is 6.03. The van der Waals surface area contributed by atoms with Gasteiger partial charge in [-0.2, -0.15) is 0 Å². The number of hydrogen-bond donors (Lipinski definition) is 2. The van der Waals surface area contributed by atoms with Gasteiger partial charge in [-0.25, -0.2) is 4.39 Å². The molecule has 98 valence electrons. The molecule has 1 amide bonds. The van der Waals surface area contributed by atoms with Crippen molar-refractivity contribution in [2.75, 3.05) is 11.1 Å². The number of nitrogens with one attached hydrogen (secondary N) is 1. The number of rotatable bonds is 3. The van der Waals surface area contributed by atoms with E-state index >= 15 is 0 Å². The fraction of sp³-hybridized carbons (Fsp3) is 0.214. The van der Waals surface area contributed by atoms with E-state index in [1.54, 1.807) is 6.07 Å². The van der Waals surface area contributed by atoms with Crippen LogP contribution in [-0.2, 0) is 0 Å². The average molecular weight is 259 g/mol. The highest BCUT2D eigenvalue weighted by Gasteiger charge is 2.26. The number of hydrogen-bond acceptors (Lipinski definition) is 2. The van der Waals surface area contributed by atoms with Crippen molar-refractivity contribution in [2.45, 2.75) is 18.9 Å². The molecule has 1 aromatic carbocycles. The summed E-state index contributed by atoms with van der Waals surface area (Å²) in [4.78, 5) is 12.2. The minimum Gasteiger partial charge on any atom is -0.396 e. The molecule has 1 aromatic heterocycles. The van der Waals surface area contributed by atoms with Gasteiger partial charge in [0, 0.05) is 17.9 Å². The molecule has 0 bridgehead atoms. The number of carbonyl (C=O) groups is 1. The Labute approximate surface area is 110 Å². The fourth-order valence-electron chi connectivity index (χ4n) is 2.07. The van der Waals surface area contributed by atoms with Crippen molar-refractivity contribution in [3.63, 3.8) is 0 Å². The molecule has 1 heterocycles. The maximum absolute atomic E-state index is 13.0. The van der Waals surface area contributed by atoms with E-state index < -0.39 is 5.82 Å². The highest BCUT2D eigenvalue weighted by Crippen LogP contribution is 2.36. The van der Waals surface area contributed by atoms with E-state index in [1.165, 1.54) is 18.2 Å². The first-order valence-electron chi connectivity index (χ1n) is 6.18. The molecule has 1 aliphatic rings. The Morgan fingerprint density at radius 3 is 2.84 bits per heavy atom. The van der Waals surface area contributed by atoms with Crippen molar-refractivity contribution in [3.05, 3.63) is 48.0 Å². The molecule has 3 rings (SSSR count). The fourth-order valence-corrected chi connectivity index (χ4v) is 2.07. The number of carbonyl (C=O) groups excluding carboxylic acids is 1. The first-order chi connectivity index (χ1) is 9.15. The van der Waals surface area contributed by atoms with E-state index in [-0.39, 0.29) is 11.6 Å². The third-order valence-corrected chi connectivity index (χ3v) is 3.21. The van der Waals surface area contributed by atoms with Gasteiger partial charge < -0.3 is 15.6 Å². The van der Waals surface area contributed by atoms with Gasteiger partial charge in [-0.05, 0) is 43.2 Å². The van der Waals surface area contributed by atoms with Crippen LogP contribution in [0.25, 0.3) is 0 Å². The molecule has 5 heteroatoms. The van der Waals surface area contributed by atoms with Gasteiger partial charge >= 0.3 is 0 Å². The summed E-state index contributed by atoms with van der Waals surface area (Å²) in [6.07, 6.45) is 4.13. The van der Waals surface area contributed by atoms with Gasteiger partial charge in [-0.15, -0.1) is 0 Å². The first kappa shape index (κ1) is 11.8. The maximum atomic E-state index is 13.0. The molecule has 0 unspecified atom stereocenters.